The van der Waals surface area contributed by atoms with Gasteiger partial charge in [0.05, 0.1) is 16.9 Å². The molecule has 1 aliphatic rings. The third-order valence-electron chi connectivity index (χ3n) is 7.28. The SMILES string of the molecule is Cc1nc(Nc2ncc(C(=O)Nc3c(C)cccc3Cl)s2)cc(N2CCN(CCOC(=O)O)CC2)n1.O=C(O)CCCc1ccccc1.[Cl][Pt+2][Cl].[NH2-].[NH2-]. The topological polar surface area (TPSA) is 237 Å². The van der Waals surface area contributed by atoms with Crippen LogP contribution in [0.15, 0.2) is 60.8 Å². The monoisotopic (exact) mass is 992 g/mol. The Labute approximate surface area is 334 Å². The third-order valence-corrected chi connectivity index (χ3v) is 8.50. The molecular formula is C33H42Cl3N9O6PtS. The van der Waals surface area contributed by atoms with Crippen LogP contribution in [0.4, 0.5) is 27.2 Å². The van der Waals surface area contributed by atoms with Gasteiger partial charge in [-0.05, 0) is 43.9 Å². The average molecular weight is 994 g/mol. The number of aryl methyl sites for hydroxylation is 3. The summed E-state index contributed by atoms with van der Waals surface area (Å²) >= 11 is 6.96. The number of carbonyl (C=O) groups is 3. The summed E-state index contributed by atoms with van der Waals surface area (Å²) < 4.78 is 4.60. The minimum atomic E-state index is -1.26. The van der Waals surface area contributed by atoms with E-state index in [9.17, 15) is 14.4 Å². The largest absolute Gasteiger partial charge is 0.693 e. The first-order valence-electron chi connectivity index (χ1n) is 15.5. The van der Waals surface area contributed by atoms with Gasteiger partial charge in [-0.1, -0.05) is 65.4 Å². The number of thiazole rings is 1. The van der Waals surface area contributed by atoms with Gasteiger partial charge in [0.15, 0.2) is 5.13 Å². The molecule has 0 bridgehead atoms. The molecule has 4 aromatic rings. The molecule has 5 rings (SSSR count). The number of hydrogen-bond acceptors (Lipinski definition) is 11. The van der Waals surface area contributed by atoms with Gasteiger partial charge >= 0.3 is 47.4 Å². The number of nitrogens with two attached hydrogens (primary N) is 2. The summed E-state index contributed by atoms with van der Waals surface area (Å²) in [7, 11) is 9.75. The molecule has 15 nitrogen and oxygen atoms in total. The van der Waals surface area contributed by atoms with E-state index in [1.807, 2.05) is 62.4 Å². The standard InChI is InChI=1S/C23H26ClN7O4S.C10H12O2.2ClH.2H2N.Pt/c1-14-4-3-5-16(24)20(14)29-21(32)17-13-25-22(36-17)28-18-12-19(27-15(2)26-18)31-8-6-30(7-9-31)10-11-35-23(33)34;11-10(12)8-4-7-9-5-2-1-3-6-9;;;;;/h3-5,12-13H,6-11H2,1-2H3,(H,29,32)(H,33,34)(H,25,26,27,28);1-3,5-6H,4,7-8H2,(H,11,12);2*1H;2*1H2;/q;;;;2*-1;+4/p-2. The normalized spacial score (nSPS) is 12.1. The number of hydrogen-bond donors (Lipinski definition) is 4. The van der Waals surface area contributed by atoms with E-state index < -0.39 is 28.6 Å². The Morgan fingerprint density at radius 2 is 1.66 bits per heavy atom. The molecule has 0 aliphatic carbocycles. The molecule has 53 heavy (non-hydrogen) atoms. The number of amides is 1. The Morgan fingerprint density at radius 1 is 0.981 bits per heavy atom. The molecule has 2 aromatic carbocycles. The Bertz CT molecular complexity index is 1700. The van der Waals surface area contributed by atoms with E-state index >= 15 is 0 Å². The van der Waals surface area contributed by atoms with Crippen molar-refractivity contribution in [3.05, 3.63) is 99.9 Å². The molecule has 292 valence electrons. The zero-order chi connectivity index (χ0) is 37.2. The maximum Gasteiger partial charge on any atom is -0.693 e. The van der Waals surface area contributed by atoms with Crippen molar-refractivity contribution in [1.82, 2.24) is 19.9 Å². The van der Waals surface area contributed by atoms with E-state index in [0.29, 0.717) is 38.9 Å². The maximum atomic E-state index is 12.7. The molecule has 1 fully saturated rings. The Balaban J connectivity index is 0.000000696. The predicted molar refractivity (Wildman–Crippen MR) is 208 cm³/mol. The molecule has 0 unspecified atom stereocenters. The molecule has 8 N–H and O–H groups in total. The maximum absolute atomic E-state index is 12.7. The van der Waals surface area contributed by atoms with E-state index in [0.717, 1.165) is 50.4 Å². The van der Waals surface area contributed by atoms with Crippen LogP contribution in [-0.4, -0.2) is 87.4 Å². The fourth-order valence-corrected chi connectivity index (χ4v) is 5.83. The van der Waals surface area contributed by atoms with Gasteiger partial charge in [0.25, 0.3) is 5.91 Å². The first-order valence-corrected chi connectivity index (χ1v) is 22.4. The average Bonchev–Trinajstić information content (AvgIpc) is 3.56. The molecule has 0 atom stereocenters. The summed E-state index contributed by atoms with van der Waals surface area (Å²) in [5.41, 5.74) is 2.66. The van der Waals surface area contributed by atoms with Gasteiger partial charge < -0.3 is 42.8 Å². The van der Waals surface area contributed by atoms with Crippen molar-refractivity contribution in [3.8, 4) is 0 Å². The van der Waals surface area contributed by atoms with E-state index in [2.05, 4.69) is 40.1 Å². The van der Waals surface area contributed by atoms with Gasteiger partial charge in [-0.2, -0.15) is 0 Å². The van der Waals surface area contributed by atoms with Crippen molar-refractivity contribution in [1.29, 1.82) is 0 Å². The van der Waals surface area contributed by atoms with Crippen molar-refractivity contribution in [2.75, 3.05) is 54.9 Å². The van der Waals surface area contributed by atoms with Crippen LogP contribution in [0.2, 0.25) is 5.02 Å². The third kappa shape index (κ3) is 17.4. The van der Waals surface area contributed by atoms with Crippen LogP contribution in [0.25, 0.3) is 12.3 Å². The first kappa shape index (κ1) is 47.4. The van der Waals surface area contributed by atoms with E-state index in [-0.39, 0.29) is 31.2 Å². The number of aliphatic carboxylic acids is 1. The molecule has 3 heterocycles. The summed E-state index contributed by atoms with van der Waals surface area (Å²) in [6, 6.07) is 17.2. The molecule has 1 aliphatic heterocycles. The van der Waals surface area contributed by atoms with Gasteiger partial charge in [-0.3, -0.25) is 14.5 Å². The van der Waals surface area contributed by atoms with Crippen molar-refractivity contribution >= 4 is 82.3 Å². The number of piperazine rings is 1. The van der Waals surface area contributed by atoms with E-state index in [1.165, 1.54) is 23.1 Å². The van der Waals surface area contributed by atoms with Crippen molar-refractivity contribution in [3.63, 3.8) is 0 Å². The van der Waals surface area contributed by atoms with Crippen molar-refractivity contribution in [2.45, 2.75) is 33.1 Å². The number of nitrogens with zero attached hydrogens (tertiary/aromatic N) is 5. The van der Waals surface area contributed by atoms with Gasteiger partial charge in [-0.25, -0.2) is 19.7 Å². The summed E-state index contributed by atoms with van der Waals surface area (Å²) in [5, 5.41) is 24.0. The molecule has 0 spiro atoms. The first-order chi connectivity index (χ1) is 24.5. The summed E-state index contributed by atoms with van der Waals surface area (Å²) in [5.74, 6) is 0.970. The number of halogens is 3. The second kappa shape index (κ2) is 25.4. The van der Waals surface area contributed by atoms with E-state index in [1.54, 1.807) is 6.07 Å². The molecule has 0 saturated carbocycles. The molecule has 1 amide bonds. The Kier molecular flexibility index (Phi) is 22.7. The second-order valence-corrected chi connectivity index (χ2v) is 15.6. The fourth-order valence-electron chi connectivity index (χ4n) is 4.84. The summed E-state index contributed by atoms with van der Waals surface area (Å²) in [6.45, 7) is 7.44. The van der Waals surface area contributed by atoms with Gasteiger partial charge in [-0.15, -0.1) is 0 Å². The number of para-hydroxylation sites is 1. The van der Waals surface area contributed by atoms with Crippen LogP contribution in [0.3, 0.4) is 0 Å². The number of nitrogens with one attached hydrogen (secondary N) is 2. The van der Waals surface area contributed by atoms with Gasteiger partial charge in [0.1, 0.15) is 28.9 Å². The number of carboxylic acid groups (broad SMARTS) is 2. The zero-order valence-corrected chi connectivity index (χ0v) is 34.3. The molecular weight excluding hydrogens is 952 g/mol. The Hall–Kier alpha value is -3.60. The Morgan fingerprint density at radius 3 is 2.28 bits per heavy atom. The van der Waals surface area contributed by atoms with Crippen LogP contribution in [0.1, 0.15) is 39.5 Å². The van der Waals surface area contributed by atoms with Crippen molar-refractivity contribution < 1.29 is 45.8 Å². The van der Waals surface area contributed by atoms with E-state index in [4.69, 9.17) is 40.7 Å². The van der Waals surface area contributed by atoms with Gasteiger partial charge in [0.2, 0.25) is 0 Å². The number of anilines is 4. The van der Waals surface area contributed by atoms with Crippen LogP contribution in [-0.2, 0) is 32.4 Å². The number of aromatic nitrogens is 3. The number of benzene rings is 2. The van der Waals surface area contributed by atoms with Gasteiger partial charge in [0, 0.05) is 45.2 Å². The smallest absolute Gasteiger partial charge is 0.693 e. The van der Waals surface area contributed by atoms with Crippen molar-refractivity contribution in [2.24, 2.45) is 0 Å². The number of carboxylic acids is 1. The minimum absolute atomic E-state index is 0. The number of carbonyl (C=O) groups excluding carboxylic acids is 1. The fraction of sp³-hybridized carbons (Fsp3) is 0.333. The molecule has 1 saturated heterocycles. The minimum Gasteiger partial charge on any atom is -0.693 e. The van der Waals surface area contributed by atoms with Crippen LogP contribution >= 0.6 is 41.8 Å². The molecule has 2 aromatic heterocycles. The summed E-state index contributed by atoms with van der Waals surface area (Å²) in [6.07, 6.45) is 2.09. The van der Waals surface area contributed by atoms with Crippen LogP contribution in [0.5, 0.6) is 0 Å². The number of rotatable bonds is 12. The number of ether oxygens (including phenoxy) is 1. The predicted octanol–water partition coefficient (Wildman–Crippen LogP) is 8.92. The summed E-state index contributed by atoms with van der Waals surface area (Å²) in [4.78, 5) is 51.5. The van der Waals surface area contributed by atoms with Crippen LogP contribution in [0, 0.1) is 13.8 Å². The van der Waals surface area contributed by atoms with Crippen LogP contribution < -0.4 is 15.5 Å². The zero-order valence-electron chi connectivity index (χ0n) is 28.9. The molecule has 0 radical (unpaired) electrons. The second-order valence-electron chi connectivity index (χ2n) is 10.9. The quantitative estimate of drug-likeness (QED) is 0.0974. The molecule has 20 heteroatoms.